The van der Waals surface area contributed by atoms with Gasteiger partial charge in [-0.2, -0.15) is 0 Å². The Hall–Kier alpha value is -2.78. The van der Waals surface area contributed by atoms with Gasteiger partial charge in [0.25, 0.3) is 0 Å². The Morgan fingerprint density at radius 3 is 2.48 bits per heavy atom. The van der Waals surface area contributed by atoms with Gasteiger partial charge in [0.05, 0.1) is 17.8 Å². The van der Waals surface area contributed by atoms with Crippen LogP contribution in [0.3, 0.4) is 0 Å². The van der Waals surface area contributed by atoms with Crippen LogP contribution in [0.25, 0.3) is 11.0 Å². The zero-order chi connectivity index (χ0) is 20.3. The molecule has 9 heteroatoms. The van der Waals surface area contributed by atoms with Gasteiger partial charge < -0.3 is 5.32 Å². The molecule has 0 atom stereocenters. The van der Waals surface area contributed by atoms with Gasteiger partial charge in [0.15, 0.2) is 0 Å². The highest BCUT2D eigenvalue weighted by Gasteiger charge is 2.31. The SMILES string of the molecule is O=C(Nc1ccccc1)C1CCN(S(=O)(=O)CCn2nnc3ccccc32)CC1. The van der Waals surface area contributed by atoms with E-state index in [1.807, 2.05) is 54.6 Å². The molecular weight excluding hydrogens is 390 g/mol. The lowest BCUT2D eigenvalue weighted by molar-refractivity contribution is -0.120. The summed E-state index contributed by atoms with van der Waals surface area (Å²) in [6, 6.07) is 16.8. The maximum absolute atomic E-state index is 12.7. The summed E-state index contributed by atoms with van der Waals surface area (Å²) in [4.78, 5) is 12.4. The van der Waals surface area contributed by atoms with Crippen LogP contribution in [-0.2, 0) is 21.4 Å². The Morgan fingerprint density at radius 2 is 1.72 bits per heavy atom. The number of hydrogen-bond donors (Lipinski definition) is 1. The van der Waals surface area contributed by atoms with E-state index < -0.39 is 10.0 Å². The predicted octanol–water partition coefficient (Wildman–Crippen LogP) is 2.11. The molecule has 2 aromatic carbocycles. The minimum absolute atomic E-state index is 0.0404. The zero-order valence-electron chi connectivity index (χ0n) is 15.9. The number of para-hydroxylation sites is 2. The molecule has 1 fully saturated rings. The van der Waals surface area contributed by atoms with Crippen molar-refractivity contribution in [3.63, 3.8) is 0 Å². The van der Waals surface area contributed by atoms with Gasteiger partial charge in [0.1, 0.15) is 5.52 Å². The maximum Gasteiger partial charge on any atom is 0.227 e. The molecule has 0 unspecified atom stereocenters. The number of carbonyl (C=O) groups excluding carboxylic acids is 1. The van der Waals surface area contributed by atoms with E-state index in [0.29, 0.717) is 25.9 Å². The van der Waals surface area contributed by atoms with Gasteiger partial charge in [-0.3, -0.25) is 4.79 Å². The van der Waals surface area contributed by atoms with Crippen LogP contribution in [0.4, 0.5) is 5.69 Å². The Kier molecular flexibility index (Phi) is 5.59. The number of hydrogen-bond acceptors (Lipinski definition) is 5. The summed E-state index contributed by atoms with van der Waals surface area (Å²) in [5.41, 5.74) is 2.32. The van der Waals surface area contributed by atoms with Crippen molar-refractivity contribution in [1.82, 2.24) is 19.3 Å². The van der Waals surface area contributed by atoms with Gasteiger partial charge in [-0.15, -0.1) is 5.10 Å². The number of carbonyl (C=O) groups is 1. The highest BCUT2D eigenvalue weighted by molar-refractivity contribution is 7.89. The van der Waals surface area contributed by atoms with Gasteiger partial charge >= 0.3 is 0 Å². The van der Waals surface area contributed by atoms with Crippen molar-refractivity contribution in [3.8, 4) is 0 Å². The fraction of sp³-hybridized carbons (Fsp3) is 0.350. The molecule has 2 heterocycles. The molecule has 1 N–H and O–H groups in total. The molecule has 0 radical (unpaired) electrons. The van der Waals surface area contributed by atoms with Crippen LogP contribution in [0.1, 0.15) is 12.8 Å². The summed E-state index contributed by atoms with van der Waals surface area (Å²) < 4.78 is 28.6. The molecule has 1 amide bonds. The molecule has 4 rings (SSSR count). The van der Waals surface area contributed by atoms with Crippen LogP contribution in [0, 0.1) is 5.92 Å². The monoisotopic (exact) mass is 413 g/mol. The number of fused-ring (bicyclic) bond motifs is 1. The number of aromatic nitrogens is 3. The number of nitrogens with one attached hydrogen (secondary N) is 1. The number of amides is 1. The zero-order valence-corrected chi connectivity index (χ0v) is 16.8. The maximum atomic E-state index is 12.7. The summed E-state index contributed by atoms with van der Waals surface area (Å²) >= 11 is 0. The van der Waals surface area contributed by atoms with Crippen LogP contribution in [0.2, 0.25) is 0 Å². The van der Waals surface area contributed by atoms with Crippen molar-refractivity contribution in [3.05, 3.63) is 54.6 Å². The number of aryl methyl sites for hydroxylation is 1. The quantitative estimate of drug-likeness (QED) is 0.668. The fourth-order valence-corrected chi connectivity index (χ4v) is 5.00. The number of benzene rings is 2. The van der Waals surface area contributed by atoms with E-state index in [1.165, 1.54) is 4.31 Å². The lowest BCUT2D eigenvalue weighted by Gasteiger charge is -2.30. The molecule has 0 saturated carbocycles. The Bertz CT molecular complexity index is 1090. The standard InChI is InChI=1S/C20H23N5O3S/c26-20(21-17-6-2-1-3-7-17)16-10-12-24(13-11-16)29(27,28)15-14-25-19-9-5-4-8-18(19)22-23-25/h1-9,16H,10-15H2,(H,21,26). The third kappa shape index (κ3) is 4.46. The van der Waals surface area contributed by atoms with Crippen molar-refractivity contribution in [2.24, 2.45) is 5.92 Å². The third-order valence-electron chi connectivity index (χ3n) is 5.24. The average Bonchev–Trinajstić information content (AvgIpc) is 3.16. The molecule has 1 aliphatic rings. The molecular formula is C20H23N5O3S. The van der Waals surface area contributed by atoms with Crippen molar-refractivity contribution < 1.29 is 13.2 Å². The highest BCUT2D eigenvalue weighted by Crippen LogP contribution is 2.22. The van der Waals surface area contributed by atoms with Crippen LogP contribution >= 0.6 is 0 Å². The minimum atomic E-state index is -3.42. The number of sulfonamides is 1. The molecule has 0 bridgehead atoms. The van der Waals surface area contributed by atoms with E-state index in [4.69, 9.17) is 0 Å². The second kappa shape index (κ2) is 8.30. The first-order chi connectivity index (χ1) is 14.0. The molecule has 8 nitrogen and oxygen atoms in total. The molecule has 152 valence electrons. The van der Waals surface area contributed by atoms with Gasteiger partial charge in [-0.05, 0) is 37.1 Å². The molecule has 1 saturated heterocycles. The summed E-state index contributed by atoms with van der Waals surface area (Å²) in [5.74, 6) is -0.274. The lowest BCUT2D eigenvalue weighted by atomic mass is 9.97. The number of anilines is 1. The van der Waals surface area contributed by atoms with Crippen molar-refractivity contribution in [2.75, 3.05) is 24.2 Å². The molecule has 29 heavy (non-hydrogen) atoms. The van der Waals surface area contributed by atoms with E-state index in [-0.39, 0.29) is 24.1 Å². The van der Waals surface area contributed by atoms with E-state index in [2.05, 4.69) is 15.6 Å². The number of piperidine rings is 1. The smallest absolute Gasteiger partial charge is 0.227 e. The van der Waals surface area contributed by atoms with Gasteiger partial charge in [-0.25, -0.2) is 17.4 Å². The second-order valence-electron chi connectivity index (χ2n) is 7.15. The minimum Gasteiger partial charge on any atom is -0.326 e. The Balaban J connectivity index is 1.32. The first kappa shape index (κ1) is 19.5. The average molecular weight is 414 g/mol. The molecule has 3 aromatic rings. The highest BCUT2D eigenvalue weighted by atomic mass is 32.2. The van der Waals surface area contributed by atoms with Crippen molar-refractivity contribution in [2.45, 2.75) is 19.4 Å². The summed E-state index contributed by atoms with van der Waals surface area (Å²) in [5, 5.41) is 11.0. The topological polar surface area (TPSA) is 97.2 Å². The third-order valence-corrected chi connectivity index (χ3v) is 7.09. The fourth-order valence-electron chi connectivity index (χ4n) is 3.58. The van der Waals surface area contributed by atoms with Gasteiger partial charge in [-0.1, -0.05) is 35.5 Å². The van der Waals surface area contributed by atoms with Crippen LogP contribution in [0.15, 0.2) is 54.6 Å². The van der Waals surface area contributed by atoms with E-state index in [1.54, 1.807) is 4.68 Å². The normalized spacial score (nSPS) is 16.1. The largest absolute Gasteiger partial charge is 0.326 e. The Labute approximate surface area is 169 Å². The van der Waals surface area contributed by atoms with Gasteiger partial charge in [0, 0.05) is 24.7 Å². The van der Waals surface area contributed by atoms with Crippen molar-refractivity contribution >= 4 is 32.7 Å². The molecule has 0 aliphatic carbocycles. The van der Waals surface area contributed by atoms with E-state index in [9.17, 15) is 13.2 Å². The lowest BCUT2D eigenvalue weighted by Crippen LogP contribution is -2.42. The number of nitrogens with zero attached hydrogens (tertiary/aromatic N) is 4. The summed E-state index contributed by atoms with van der Waals surface area (Å²) in [6.07, 6.45) is 1.04. The first-order valence-corrected chi connectivity index (χ1v) is 11.3. The predicted molar refractivity (Wildman–Crippen MR) is 111 cm³/mol. The van der Waals surface area contributed by atoms with Crippen molar-refractivity contribution in [1.29, 1.82) is 0 Å². The summed E-state index contributed by atoms with van der Waals surface area (Å²) in [7, 11) is -3.42. The molecule has 1 aliphatic heterocycles. The summed E-state index contributed by atoms with van der Waals surface area (Å²) in [6.45, 7) is 0.956. The Morgan fingerprint density at radius 1 is 1.03 bits per heavy atom. The van der Waals surface area contributed by atoms with E-state index >= 15 is 0 Å². The van der Waals surface area contributed by atoms with Crippen LogP contribution < -0.4 is 5.32 Å². The molecule has 1 aromatic heterocycles. The first-order valence-electron chi connectivity index (χ1n) is 9.65. The van der Waals surface area contributed by atoms with E-state index in [0.717, 1.165) is 16.7 Å². The second-order valence-corrected chi connectivity index (χ2v) is 9.23. The number of rotatable bonds is 6. The van der Waals surface area contributed by atoms with Gasteiger partial charge in [0.2, 0.25) is 15.9 Å². The van der Waals surface area contributed by atoms with Crippen LogP contribution in [-0.4, -0.2) is 52.5 Å². The molecule has 0 spiro atoms. The van der Waals surface area contributed by atoms with Crippen LogP contribution in [0.5, 0.6) is 0 Å².